The summed E-state index contributed by atoms with van der Waals surface area (Å²) in [5.41, 5.74) is 13.6. The molecule has 1 aliphatic heterocycles. The third-order valence-electron chi connectivity index (χ3n) is 5.81. The van der Waals surface area contributed by atoms with Crippen molar-refractivity contribution in [1.82, 2.24) is 0 Å². The van der Waals surface area contributed by atoms with Crippen LogP contribution in [0.25, 0.3) is 0 Å². The van der Waals surface area contributed by atoms with Gasteiger partial charge in [-0.3, -0.25) is 0 Å². The Morgan fingerprint density at radius 3 is 2.19 bits per heavy atom. The average Bonchev–Trinajstić information content (AvgIpc) is 3.13. The summed E-state index contributed by atoms with van der Waals surface area (Å²) in [6, 6.07) is 4.48. The van der Waals surface area contributed by atoms with Gasteiger partial charge in [0.1, 0.15) is 0 Å². The monoisotopic (exact) mass is 296 g/mol. The molecular weight excluding hydrogens is 280 g/mol. The Balaban J connectivity index is 1.79. The molecule has 0 amide bonds. The van der Waals surface area contributed by atoms with E-state index in [4.69, 9.17) is 11.5 Å². The maximum Gasteiger partial charge on any atom is 0.0981 e. The fourth-order valence-electron chi connectivity index (χ4n) is 4.76. The van der Waals surface area contributed by atoms with E-state index in [1.165, 1.54) is 12.8 Å². The molecule has 0 aromatic heterocycles. The van der Waals surface area contributed by atoms with Crippen molar-refractivity contribution in [2.75, 3.05) is 0 Å². The molecule has 5 heteroatoms. The summed E-state index contributed by atoms with van der Waals surface area (Å²) >= 11 is 1.16. The molecule has 0 radical (unpaired) electrons. The molecule has 4 N–H and O–H groups in total. The van der Waals surface area contributed by atoms with Crippen LogP contribution in [-0.4, -0.2) is 0 Å². The molecule has 4 aliphatic rings. The number of nitriles is 2. The zero-order chi connectivity index (χ0) is 14.8. The minimum absolute atomic E-state index is 0.210. The third-order valence-corrected chi connectivity index (χ3v) is 6.69. The molecule has 0 unspecified atom stereocenters. The van der Waals surface area contributed by atoms with Crippen LogP contribution in [0.4, 0.5) is 0 Å². The molecular formula is C16H16N4S. The number of hydrogen-bond donors (Lipinski definition) is 2. The van der Waals surface area contributed by atoms with Gasteiger partial charge in [0.15, 0.2) is 0 Å². The Hall–Kier alpha value is -1.85. The molecule has 106 valence electrons. The van der Waals surface area contributed by atoms with E-state index >= 15 is 0 Å². The summed E-state index contributed by atoms with van der Waals surface area (Å²) in [7, 11) is 0. The van der Waals surface area contributed by atoms with Crippen molar-refractivity contribution in [3.8, 4) is 12.1 Å². The second kappa shape index (κ2) is 4.08. The third kappa shape index (κ3) is 1.50. The summed E-state index contributed by atoms with van der Waals surface area (Å²) in [6.45, 7) is 0. The van der Waals surface area contributed by atoms with Gasteiger partial charge in [0.05, 0.1) is 33.3 Å². The van der Waals surface area contributed by atoms with Crippen LogP contribution < -0.4 is 11.5 Å². The van der Waals surface area contributed by atoms with Gasteiger partial charge in [0, 0.05) is 5.92 Å². The average molecular weight is 296 g/mol. The lowest BCUT2D eigenvalue weighted by Crippen LogP contribution is -2.29. The van der Waals surface area contributed by atoms with Gasteiger partial charge in [0.25, 0.3) is 0 Å². The van der Waals surface area contributed by atoms with E-state index < -0.39 is 0 Å². The molecule has 0 saturated heterocycles. The first-order valence-electron chi connectivity index (χ1n) is 7.28. The number of allylic oxidation sites excluding steroid dienone is 4. The molecule has 3 atom stereocenters. The fourth-order valence-corrected chi connectivity index (χ4v) is 5.56. The van der Waals surface area contributed by atoms with E-state index in [9.17, 15) is 10.5 Å². The van der Waals surface area contributed by atoms with E-state index in [2.05, 4.69) is 24.3 Å². The predicted molar refractivity (Wildman–Crippen MR) is 80.6 cm³/mol. The van der Waals surface area contributed by atoms with E-state index in [0.717, 1.165) is 18.2 Å². The minimum atomic E-state index is -0.210. The topological polar surface area (TPSA) is 99.6 Å². The van der Waals surface area contributed by atoms with Gasteiger partial charge in [-0.05, 0) is 42.4 Å². The van der Waals surface area contributed by atoms with Gasteiger partial charge in [-0.2, -0.15) is 10.5 Å². The molecule has 1 heterocycles. The van der Waals surface area contributed by atoms with Crippen molar-refractivity contribution in [1.29, 1.82) is 10.5 Å². The van der Waals surface area contributed by atoms with Crippen LogP contribution >= 0.6 is 11.8 Å². The Morgan fingerprint density at radius 1 is 1.10 bits per heavy atom. The highest BCUT2D eigenvalue weighted by Gasteiger charge is 2.64. The summed E-state index contributed by atoms with van der Waals surface area (Å²) < 4.78 is 0. The van der Waals surface area contributed by atoms with E-state index in [1.807, 2.05) is 0 Å². The quantitative estimate of drug-likeness (QED) is 0.723. The van der Waals surface area contributed by atoms with Crippen molar-refractivity contribution in [2.24, 2.45) is 40.6 Å². The summed E-state index contributed by atoms with van der Waals surface area (Å²) in [6.07, 6.45) is 8.24. The Labute approximate surface area is 128 Å². The van der Waals surface area contributed by atoms with Crippen LogP contribution in [0.1, 0.15) is 19.3 Å². The maximum absolute atomic E-state index is 9.52. The summed E-state index contributed by atoms with van der Waals surface area (Å²) in [5.74, 6) is 1.18. The van der Waals surface area contributed by atoms with Gasteiger partial charge in [0.2, 0.25) is 0 Å². The van der Waals surface area contributed by atoms with Gasteiger partial charge in [-0.15, -0.1) is 0 Å². The molecule has 3 aliphatic carbocycles. The first-order chi connectivity index (χ1) is 10.1. The van der Waals surface area contributed by atoms with Gasteiger partial charge < -0.3 is 11.5 Å². The van der Waals surface area contributed by atoms with Gasteiger partial charge in [-0.1, -0.05) is 23.9 Å². The summed E-state index contributed by atoms with van der Waals surface area (Å²) in [4.78, 5) is 0. The molecule has 1 spiro atoms. The highest BCUT2D eigenvalue weighted by molar-refractivity contribution is 8.06. The van der Waals surface area contributed by atoms with Crippen LogP contribution in [0.15, 0.2) is 33.4 Å². The highest BCUT2D eigenvalue weighted by Crippen LogP contribution is 2.72. The van der Waals surface area contributed by atoms with E-state index in [0.29, 0.717) is 44.4 Å². The van der Waals surface area contributed by atoms with Gasteiger partial charge in [-0.25, -0.2) is 0 Å². The summed E-state index contributed by atoms with van der Waals surface area (Å²) in [5, 5.41) is 20.0. The zero-order valence-electron chi connectivity index (χ0n) is 11.5. The number of hydrogen-bond acceptors (Lipinski definition) is 5. The van der Waals surface area contributed by atoms with E-state index in [1.54, 1.807) is 0 Å². The number of nitrogens with zero attached hydrogens (tertiary/aromatic N) is 2. The lowest BCUT2D eigenvalue weighted by atomic mass is 9.73. The molecule has 2 fully saturated rings. The zero-order valence-corrected chi connectivity index (χ0v) is 12.4. The van der Waals surface area contributed by atoms with Crippen LogP contribution in [0.3, 0.4) is 0 Å². The smallest absolute Gasteiger partial charge is 0.0981 e. The number of nitrogens with two attached hydrogens (primary N) is 2. The lowest BCUT2D eigenvalue weighted by Gasteiger charge is -2.32. The number of rotatable bonds is 1. The van der Waals surface area contributed by atoms with Gasteiger partial charge >= 0.3 is 0 Å². The molecule has 2 bridgehead atoms. The Morgan fingerprint density at radius 2 is 1.71 bits per heavy atom. The number of thioether (sulfide) groups is 1. The normalized spacial score (nSPS) is 36.2. The second-order valence-corrected chi connectivity index (χ2v) is 7.59. The minimum Gasteiger partial charge on any atom is -0.392 e. The first-order valence-corrected chi connectivity index (χ1v) is 8.09. The fraction of sp³-hybridized carbons (Fsp3) is 0.500. The SMILES string of the molecule is N#CC1=C(N)SC(N)=C(C#N)C1[C@H]1C[C@H]2C=C[C@H]1C21CC1. The standard InChI is InChI=1S/C16H16N4S/c17-6-10-13(11(7-18)15(20)21-14(10)19)9-5-8-1-2-12(9)16(8)3-4-16/h1-2,8-9,12-13H,3-5,19-20H2/t8-,9+,12-/m1/s1. The molecule has 0 aromatic carbocycles. The van der Waals surface area contributed by atoms with Crippen LogP contribution in [0.5, 0.6) is 0 Å². The lowest BCUT2D eigenvalue weighted by molar-refractivity contribution is 0.322. The van der Waals surface area contributed by atoms with Crippen molar-refractivity contribution < 1.29 is 0 Å². The molecule has 4 nitrogen and oxygen atoms in total. The first kappa shape index (κ1) is 12.9. The second-order valence-electron chi connectivity index (χ2n) is 6.51. The van der Waals surface area contributed by atoms with Crippen LogP contribution in [-0.2, 0) is 0 Å². The van der Waals surface area contributed by atoms with Crippen molar-refractivity contribution in [3.63, 3.8) is 0 Å². The van der Waals surface area contributed by atoms with Crippen LogP contribution in [0, 0.1) is 51.7 Å². The molecule has 0 aromatic rings. The van der Waals surface area contributed by atoms with Crippen molar-refractivity contribution in [2.45, 2.75) is 19.3 Å². The van der Waals surface area contributed by atoms with Crippen molar-refractivity contribution >= 4 is 11.8 Å². The molecule has 2 saturated carbocycles. The highest BCUT2D eigenvalue weighted by atomic mass is 32.2. The Kier molecular flexibility index (Phi) is 2.50. The molecule has 21 heavy (non-hydrogen) atoms. The maximum atomic E-state index is 9.52. The largest absolute Gasteiger partial charge is 0.392 e. The molecule has 4 rings (SSSR count). The Bertz CT molecular complexity index is 663. The van der Waals surface area contributed by atoms with Crippen LogP contribution in [0.2, 0.25) is 0 Å². The van der Waals surface area contributed by atoms with Crippen molar-refractivity contribution in [3.05, 3.63) is 33.4 Å². The van der Waals surface area contributed by atoms with E-state index in [-0.39, 0.29) is 5.92 Å². The predicted octanol–water partition coefficient (Wildman–Crippen LogP) is 2.34.